The largest absolute Gasteiger partial charge is 0.477 e. The molecule has 0 saturated heterocycles. The zero-order valence-electron chi connectivity index (χ0n) is 6.54. The van der Waals surface area contributed by atoms with Gasteiger partial charge >= 0.3 is 12.1 Å². The van der Waals surface area contributed by atoms with E-state index in [0.29, 0.717) is 6.20 Å². The van der Waals surface area contributed by atoms with Crippen molar-refractivity contribution >= 4 is 11.8 Å². The summed E-state index contributed by atoms with van der Waals surface area (Å²) in [6, 6.07) is 0. The molecule has 0 aliphatic heterocycles. The highest BCUT2D eigenvalue weighted by atomic mass is 19.4. The molecule has 5 nitrogen and oxygen atoms in total. The van der Waals surface area contributed by atoms with E-state index in [1.54, 1.807) is 0 Å². The van der Waals surface area contributed by atoms with Gasteiger partial charge in [-0.25, -0.2) is 14.8 Å². The van der Waals surface area contributed by atoms with Crippen LogP contribution in [0.15, 0.2) is 6.20 Å². The molecule has 0 saturated carbocycles. The molecule has 0 bridgehead atoms. The number of carbonyl (C=O) groups is 1. The molecule has 1 rings (SSSR count). The van der Waals surface area contributed by atoms with Crippen LogP contribution in [0.4, 0.5) is 19.0 Å². The van der Waals surface area contributed by atoms with Crippen molar-refractivity contribution < 1.29 is 23.1 Å². The van der Waals surface area contributed by atoms with Crippen molar-refractivity contribution in [2.45, 2.75) is 6.18 Å². The molecule has 76 valence electrons. The van der Waals surface area contributed by atoms with Crippen LogP contribution >= 0.6 is 0 Å². The van der Waals surface area contributed by atoms with Crippen LogP contribution in [-0.4, -0.2) is 21.0 Å². The molecule has 14 heavy (non-hydrogen) atoms. The van der Waals surface area contributed by atoms with E-state index in [1.807, 2.05) is 0 Å². The van der Waals surface area contributed by atoms with E-state index in [-0.39, 0.29) is 0 Å². The summed E-state index contributed by atoms with van der Waals surface area (Å²) in [7, 11) is 0. The van der Waals surface area contributed by atoms with Crippen molar-refractivity contribution in [3.8, 4) is 0 Å². The second kappa shape index (κ2) is 3.13. The van der Waals surface area contributed by atoms with Gasteiger partial charge in [0.25, 0.3) is 0 Å². The van der Waals surface area contributed by atoms with E-state index < -0.39 is 29.4 Å². The first-order valence-electron chi connectivity index (χ1n) is 3.25. The Morgan fingerprint density at radius 3 is 2.43 bits per heavy atom. The van der Waals surface area contributed by atoms with Crippen molar-refractivity contribution in [1.82, 2.24) is 9.97 Å². The quantitative estimate of drug-likeness (QED) is 0.710. The lowest BCUT2D eigenvalue weighted by Crippen LogP contribution is -2.15. The van der Waals surface area contributed by atoms with Gasteiger partial charge in [0.1, 0.15) is 11.4 Å². The van der Waals surface area contributed by atoms with Crippen molar-refractivity contribution in [2.75, 3.05) is 5.73 Å². The Labute approximate surface area is 75.4 Å². The number of anilines is 1. The average molecular weight is 207 g/mol. The van der Waals surface area contributed by atoms with Crippen LogP contribution in [0.3, 0.4) is 0 Å². The maximum Gasteiger partial charge on any atom is 0.451 e. The molecular weight excluding hydrogens is 203 g/mol. The minimum absolute atomic E-state index is 0.521. The van der Waals surface area contributed by atoms with Gasteiger partial charge in [0.2, 0.25) is 5.82 Å². The summed E-state index contributed by atoms with van der Waals surface area (Å²) in [5, 5.41) is 8.42. The van der Waals surface area contributed by atoms with Crippen LogP contribution in [0.1, 0.15) is 16.2 Å². The monoisotopic (exact) mass is 207 g/mol. The highest BCUT2D eigenvalue weighted by Crippen LogP contribution is 2.26. The SMILES string of the molecule is Nc1nc(C(F)(F)F)ncc1C(=O)O. The van der Waals surface area contributed by atoms with Gasteiger partial charge in [-0.15, -0.1) is 0 Å². The molecule has 0 atom stereocenters. The molecule has 1 aromatic heterocycles. The number of nitrogens with zero attached hydrogens (tertiary/aromatic N) is 2. The van der Waals surface area contributed by atoms with Crippen LogP contribution in [0.2, 0.25) is 0 Å². The summed E-state index contributed by atoms with van der Waals surface area (Å²) >= 11 is 0. The Hall–Kier alpha value is -1.86. The topological polar surface area (TPSA) is 89.1 Å². The summed E-state index contributed by atoms with van der Waals surface area (Å²) in [5.41, 5.74) is 4.43. The first kappa shape index (κ1) is 10.2. The summed E-state index contributed by atoms with van der Waals surface area (Å²) in [6.45, 7) is 0. The zero-order valence-corrected chi connectivity index (χ0v) is 6.54. The summed E-state index contributed by atoms with van der Waals surface area (Å²) < 4.78 is 35.9. The molecule has 0 aliphatic rings. The normalized spacial score (nSPS) is 11.4. The summed E-state index contributed by atoms with van der Waals surface area (Å²) in [5.74, 6) is -3.64. The van der Waals surface area contributed by atoms with E-state index in [1.165, 1.54) is 0 Å². The molecule has 1 aromatic rings. The first-order valence-corrected chi connectivity index (χ1v) is 3.25. The number of aromatic nitrogens is 2. The third kappa shape index (κ3) is 1.90. The number of aromatic carboxylic acids is 1. The fraction of sp³-hybridized carbons (Fsp3) is 0.167. The predicted octanol–water partition coefficient (Wildman–Crippen LogP) is 0.776. The highest BCUT2D eigenvalue weighted by molar-refractivity contribution is 5.92. The fourth-order valence-corrected chi connectivity index (χ4v) is 0.696. The predicted molar refractivity (Wildman–Crippen MR) is 38.4 cm³/mol. The molecule has 0 radical (unpaired) electrons. The van der Waals surface area contributed by atoms with Gasteiger partial charge < -0.3 is 10.8 Å². The van der Waals surface area contributed by atoms with Crippen LogP contribution in [0.25, 0.3) is 0 Å². The Morgan fingerprint density at radius 2 is 2.07 bits per heavy atom. The Kier molecular flexibility index (Phi) is 2.28. The van der Waals surface area contributed by atoms with E-state index in [2.05, 4.69) is 9.97 Å². The number of halogens is 3. The molecule has 0 aromatic carbocycles. The maximum atomic E-state index is 12.0. The molecule has 1 heterocycles. The summed E-state index contributed by atoms with van der Waals surface area (Å²) in [4.78, 5) is 16.0. The first-order chi connectivity index (χ1) is 6.32. The van der Waals surface area contributed by atoms with Gasteiger partial charge in [0, 0.05) is 6.20 Å². The lowest BCUT2D eigenvalue weighted by atomic mass is 10.3. The fourth-order valence-electron chi connectivity index (χ4n) is 0.696. The minimum atomic E-state index is -4.73. The number of nitrogens with two attached hydrogens (primary N) is 1. The van der Waals surface area contributed by atoms with Crippen LogP contribution in [0.5, 0.6) is 0 Å². The molecule has 3 N–H and O–H groups in total. The van der Waals surface area contributed by atoms with E-state index >= 15 is 0 Å². The minimum Gasteiger partial charge on any atom is -0.477 e. The standard InChI is InChI=1S/C6H4F3N3O2/c7-6(8,9)5-11-1-2(4(13)14)3(10)12-5/h1H,(H,13,14)(H2,10,11,12). The molecule has 0 amide bonds. The second-order valence-electron chi connectivity index (χ2n) is 2.30. The van der Waals surface area contributed by atoms with Gasteiger partial charge in [0.15, 0.2) is 0 Å². The number of alkyl halides is 3. The number of rotatable bonds is 1. The van der Waals surface area contributed by atoms with Crippen molar-refractivity contribution in [1.29, 1.82) is 0 Å². The lowest BCUT2D eigenvalue weighted by molar-refractivity contribution is -0.144. The zero-order chi connectivity index (χ0) is 10.9. The molecule has 0 aliphatic carbocycles. The van der Waals surface area contributed by atoms with Gasteiger partial charge in [-0.05, 0) is 0 Å². The third-order valence-electron chi connectivity index (χ3n) is 1.30. The number of carboxylic acid groups (broad SMARTS) is 1. The molecule has 0 unspecified atom stereocenters. The van der Waals surface area contributed by atoms with E-state index in [0.717, 1.165) is 0 Å². The number of hydrogen-bond donors (Lipinski definition) is 2. The Balaban J connectivity index is 3.20. The van der Waals surface area contributed by atoms with E-state index in [4.69, 9.17) is 10.8 Å². The molecule has 0 spiro atoms. The molecule has 0 fully saturated rings. The highest BCUT2D eigenvalue weighted by Gasteiger charge is 2.35. The number of hydrogen-bond acceptors (Lipinski definition) is 4. The van der Waals surface area contributed by atoms with Gasteiger partial charge in [-0.2, -0.15) is 13.2 Å². The van der Waals surface area contributed by atoms with Crippen molar-refractivity contribution in [2.24, 2.45) is 0 Å². The maximum absolute atomic E-state index is 12.0. The van der Waals surface area contributed by atoms with Crippen molar-refractivity contribution in [3.05, 3.63) is 17.6 Å². The van der Waals surface area contributed by atoms with Crippen LogP contribution < -0.4 is 5.73 Å². The molecular formula is C6H4F3N3O2. The Morgan fingerprint density at radius 1 is 1.50 bits per heavy atom. The number of nitrogen functional groups attached to an aromatic ring is 1. The Bertz CT molecular complexity index is 377. The van der Waals surface area contributed by atoms with E-state index in [9.17, 15) is 18.0 Å². The third-order valence-corrected chi connectivity index (χ3v) is 1.30. The van der Waals surface area contributed by atoms with Crippen LogP contribution in [-0.2, 0) is 6.18 Å². The number of carboxylic acids is 1. The van der Waals surface area contributed by atoms with Crippen molar-refractivity contribution in [3.63, 3.8) is 0 Å². The molecule has 8 heteroatoms. The second-order valence-corrected chi connectivity index (χ2v) is 2.30. The smallest absolute Gasteiger partial charge is 0.451 e. The summed E-state index contributed by atoms with van der Waals surface area (Å²) in [6.07, 6.45) is -4.21. The van der Waals surface area contributed by atoms with Gasteiger partial charge in [-0.3, -0.25) is 0 Å². The average Bonchev–Trinajstić information content (AvgIpc) is 2.01. The van der Waals surface area contributed by atoms with Crippen LogP contribution in [0, 0.1) is 0 Å². The van der Waals surface area contributed by atoms with Gasteiger partial charge in [-0.1, -0.05) is 0 Å². The lowest BCUT2D eigenvalue weighted by Gasteiger charge is -2.05. The van der Waals surface area contributed by atoms with Gasteiger partial charge in [0.05, 0.1) is 0 Å².